The third-order valence-corrected chi connectivity index (χ3v) is 3.05. The normalized spacial score (nSPS) is 10.5. The van der Waals surface area contributed by atoms with Gasteiger partial charge in [-0.3, -0.25) is 4.98 Å². The van der Waals surface area contributed by atoms with Gasteiger partial charge in [-0.05, 0) is 24.6 Å². The Morgan fingerprint density at radius 1 is 1.10 bits per heavy atom. The smallest absolute Gasteiger partial charge is 0.223 e. The number of aryl methyl sites for hydroxylation is 1. The summed E-state index contributed by atoms with van der Waals surface area (Å²) in [5, 5.41) is 3.24. The van der Waals surface area contributed by atoms with Gasteiger partial charge in [0, 0.05) is 49.6 Å². The Kier molecular flexibility index (Phi) is 4.16. The van der Waals surface area contributed by atoms with Crippen LogP contribution < -0.4 is 5.32 Å². The number of rotatable bonds is 6. The molecule has 6 heteroatoms. The van der Waals surface area contributed by atoms with Gasteiger partial charge >= 0.3 is 0 Å². The van der Waals surface area contributed by atoms with Crippen molar-refractivity contribution in [2.24, 2.45) is 0 Å². The van der Waals surface area contributed by atoms with Crippen molar-refractivity contribution in [3.8, 4) is 11.3 Å². The topological polar surface area (TPSA) is 68.5 Å². The molecule has 0 spiro atoms. The van der Waals surface area contributed by atoms with Crippen LogP contribution in [0.2, 0.25) is 0 Å². The lowest BCUT2D eigenvalue weighted by atomic mass is 10.2. The van der Waals surface area contributed by atoms with E-state index in [1.54, 1.807) is 24.8 Å². The average Bonchev–Trinajstić information content (AvgIpc) is 3.06. The quantitative estimate of drug-likeness (QED) is 0.701. The van der Waals surface area contributed by atoms with Crippen LogP contribution in [0, 0.1) is 0 Å². The van der Waals surface area contributed by atoms with E-state index < -0.39 is 0 Å². The highest BCUT2D eigenvalue weighted by molar-refractivity contribution is 5.58. The molecule has 3 heterocycles. The first kappa shape index (κ1) is 13.2. The second kappa shape index (κ2) is 6.60. The third-order valence-electron chi connectivity index (χ3n) is 3.05. The van der Waals surface area contributed by atoms with Gasteiger partial charge in [-0.2, -0.15) is 0 Å². The van der Waals surface area contributed by atoms with Crippen molar-refractivity contribution in [1.29, 1.82) is 0 Å². The van der Waals surface area contributed by atoms with Gasteiger partial charge in [-0.15, -0.1) is 0 Å². The molecule has 0 atom stereocenters. The minimum Gasteiger partial charge on any atom is -0.354 e. The highest BCUT2D eigenvalue weighted by atomic mass is 15.1. The molecule has 3 aromatic rings. The highest BCUT2D eigenvalue weighted by Gasteiger charge is 2.01. The van der Waals surface area contributed by atoms with E-state index in [1.165, 1.54) is 0 Å². The molecule has 0 aliphatic rings. The molecule has 0 unspecified atom stereocenters. The Balaban J connectivity index is 1.56. The van der Waals surface area contributed by atoms with E-state index in [-0.39, 0.29) is 0 Å². The molecule has 0 aromatic carbocycles. The van der Waals surface area contributed by atoms with Gasteiger partial charge < -0.3 is 9.88 Å². The molecular weight excluding hydrogens is 264 g/mol. The van der Waals surface area contributed by atoms with Gasteiger partial charge in [0.25, 0.3) is 0 Å². The number of imidazole rings is 1. The number of nitrogens with zero attached hydrogens (tertiary/aromatic N) is 5. The van der Waals surface area contributed by atoms with Gasteiger partial charge in [-0.1, -0.05) is 0 Å². The number of aromatic nitrogens is 5. The monoisotopic (exact) mass is 280 g/mol. The predicted molar refractivity (Wildman–Crippen MR) is 80.6 cm³/mol. The van der Waals surface area contributed by atoms with E-state index in [2.05, 4.69) is 29.8 Å². The van der Waals surface area contributed by atoms with Crippen molar-refractivity contribution < 1.29 is 0 Å². The van der Waals surface area contributed by atoms with E-state index in [4.69, 9.17) is 0 Å². The summed E-state index contributed by atoms with van der Waals surface area (Å²) >= 11 is 0. The van der Waals surface area contributed by atoms with Crippen molar-refractivity contribution in [2.45, 2.75) is 13.0 Å². The van der Waals surface area contributed by atoms with Crippen molar-refractivity contribution in [3.05, 3.63) is 55.5 Å². The van der Waals surface area contributed by atoms with E-state index >= 15 is 0 Å². The molecule has 0 fully saturated rings. The Labute approximate surface area is 122 Å². The fourth-order valence-electron chi connectivity index (χ4n) is 2.00. The summed E-state index contributed by atoms with van der Waals surface area (Å²) in [6, 6.07) is 5.77. The summed E-state index contributed by atoms with van der Waals surface area (Å²) in [5.41, 5.74) is 1.86. The summed E-state index contributed by atoms with van der Waals surface area (Å²) < 4.78 is 2.05. The Morgan fingerprint density at radius 2 is 2.10 bits per heavy atom. The van der Waals surface area contributed by atoms with Crippen molar-refractivity contribution in [3.63, 3.8) is 0 Å². The van der Waals surface area contributed by atoms with Gasteiger partial charge in [0.2, 0.25) is 5.95 Å². The number of anilines is 1. The van der Waals surface area contributed by atoms with Crippen molar-refractivity contribution in [2.75, 3.05) is 11.9 Å². The molecule has 106 valence electrons. The molecular formula is C15H16N6. The number of hydrogen-bond donors (Lipinski definition) is 1. The minimum atomic E-state index is 0.641. The summed E-state index contributed by atoms with van der Waals surface area (Å²) in [7, 11) is 0. The van der Waals surface area contributed by atoms with Crippen LogP contribution in [-0.2, 0) is 6.54 Å². The SMILES string of the molecule is c1cncc(-c2ccnc(NCCCn3ccnc3)n2)c1. The second-order valence-corrected chi connectivity index (χ2v) is 4.59. The van der Waals surface area contributed by atoms with Gasteiger partial charge in [0.1, 0.15) is 0 Å². The van der Waals surface area contributed by atoms with E-state index in [0.717, 1.165) is 30.8 Å². The molecule has 0 bridgehead atoms. The van der Waals surface area contributed by atoms with Crippen molar-refractivity contribution in [1.82, 2.24) is 24.5 Å². The maximum atomic E-state index is 4.50. The lowest BCUT2D eigenvalue weighted by molar-refractivity contribution is 0.659. The fourth-order valence-corrected chi connectivity index (χ4v) is 2.00. The highest BCUT2D eigenvalue weighted by Crippen LogP contribution is 2.15. The standard InChI is InChI=1S/C15H16N6/c1-3-13(11-16-5-1)14-4-7-19-15(20-14)18-6-2-9-21-10-8-17-12-21/h1,3-5,7-8,10-12H,2,6,9H2,(H,18,19,20). The minimum absolute atomic E-state index is 0.641. The first-order valence-corrected chi connectivity index (χ1v) is 6.85. The summed E-state index contributed by atoms with van der Waals surface area (Å²) in [6.07, 6.45) is 11.8. The summed E-state index contributed by atoms with van der Waals surface area (Å²) in [4.78, 5) is 16.9. The molecule has 3 aromatic heterocycles. The largest absolute Gasteiger partial charge is 0.354 e. The lowest BCUT2D eigenvalue weighted by Gasteiger charge is -2.06. The molecule has 0 aliphatic carbocycles. The number of nitrogens with one attached hydrogen (secondary N) is 1. The molecule has 0 saturated heterocycles. The van der Waals surface area contributed by atoms with Crippen LogP contribution in [0.25, 0.3) is 11.3 Å². The average molecular weight is 280 g/mol. The fraction of sp³-hybridized carbons (Fsp3) is 0.200. The maximum Gasteiger partial charge on any atom is 0.223 e. The third kappa shape index (κ3) is 3.62. The van der Waals surface area contributed by atoms with Crippen LogP contribution in [0.15, 0.2) is 55.5 Å². The predicted octanol–water partition coefficient (Wildman–Crippen LogP) is 2.24. The Hall–Kier alpha value is -2.76. The molecule has 0 radical (unpaired) electrons. The van der Waals surface area contributed by atoms with E-state index in [1.807, 2.05) is 30.7 Å². The molecule has 21 heavy (non-hydrogen) atoms. The number of hydrogen-bond acceptors (Lipinski definition) is 5. The van der Waals surface area contributed by atoms with Gasteiger partial charge in [0.15, 0.2) is 0 Å². The second-order valence-electron chi connectivity index (χ2n) is 4.59. The van der Waals surface area contributed by atoms with Gasteiger partial charge in [0.05, 0.1) is 12.0 Å². The van der Waals surface area contributed by atoms with E-state index in [0.29, 0.717) is 5.95 Å². The molecule has 0 saturated carbocycles. The molecule has 6 nitrogen and oxygen atoms in total. The van der Waals surface area contributed by atoms with Crippen molar-refractivity contribution >= 4 is 5.95 Å². The molecule has 0 amide bonds. The summed E-state index contributed by atoms with van der Waals surface area (Å²) in [6.45, 7) is 1.74. The first-order valence-electron chi connectivity index (χ1n) is 6.85. The van der Waals surface area contributed by atoms with Gasteiger partial charge in [-0.25, -0.2) is 15.0 Å². The van der Waals surface area contributed by atoms with Crippen LogP contribution in [0.5, 0.6) is 0 Å². The zero-order chi connectivity index (χ0) is 14.3. The first-order chi connectivity index (χ1) is 10.4. The molecule has 1 N–H and O–H groups in total. The Morgan fingerprint density at radius 3 is 2.90 bits per heavy atom. The number of pyridine rings is 1. The zero-order valence-electron chi connectivity index (χ0n) is 11.6. The van der Waals surface area contributed by atoms with Crippen LogP contribution >= 0.6 is 0 Å². The van der Waals surface area contributed by atoms with Crippen LogP contribution in [0.4, 0.5) is 5.95 Å². The van der Waals surface area contributed by atoms with E-state index in [9.17, 15) is 0 Å². The summed E-state index contributed by atoms with van der Waals surface area (Å²) in [5.74, 6) is 0.641. The molecule has 0 aliphatic heterocycles. The lowest BCUT2D eigenvalue weighted by Crippen LogP contribution is -2.08. The zero-order valence-corrected chi connectivity index (χ0v) is 11.6. The molecule has 3 rings (SSSR count). The van der Waals surface area contributed by atoms with Crippen LogP contribution in [0.1, 0.15) is 6.42 Å². The van der Waals surface area contributed by atoms with Crippen LogP contribution in [0.3, 0.4) is 0 Å². The maximum absolute atomic E-state index is 4.50. The Bertz CT molecular complexity index is 666. The van der Waals surface area contributed by atoms with Crippen LogP contribution in [-0.4, -0.2) is 31.0 Å².